The molecule has 0 saturated carbocycles. The first-order chi connectivity index (χ1) is 11.4. The van der Waals surface area contributed by atoms with Gasteiger partial charge in [0, 0.05) is 11.8 Å². The molecule has 1 N–H and O–H groups in total. The second kappa shape index (κ2) is 8.06. The summed E-state index contributed by atoms with van der Waals surface area (Å²) in [6, 6.07) is 12.3. The van der Waals surface area contributed by atoms with Crippen molar-refractivity contribution in [2.75, 3.05) is 5.32 Å². The molecule has 0 unspecified atom stereocenters. The van der Waals surface area contributed by atoms with E-state index in [4.69, 9.17) is 4.74 Å². The summed E-state index contributed by atoms with van der Waals surface area (Å²) >= 11 is 0. The number of hydrogen-bond donors (Lipinski definition) is 1. The summed E-state index contributed by atoms with van der Waals surface area (Å²) in [5.74, 6) is -1.13. The first kappa shape index (κ1) is 17.4. The van der Waals surface area contributed by atoms with Crippen LogP contribution in [0.5, 0.6) is 0 Å². The molecule has 0 aromatic heterocycles. The number of benzene rings is 2. The number of rotatable bonds is 5. The summed E-state index contributed by atoms with van der Waals surface area (Å²) in [7, 11) is 0. The highest BCUT2D eigenvalue weighted by Gasteiger charge is 2.10. The van der Waals surface area contributed by atoms with E-state index in [9.17, 15) is 14.0 Å². The number of amides is 1. The maximum absolute atomic E-state index is 12.8. The van der Waals surface area contributed by atoms with Crippen LogP contribution in [0.1, 0.15) is 29.8 Å². The van der Waals surface area contributed by atoms with Gasteiger partial charge in [-0.15, -0.1) is 0 Å². The monoisotopic (exact) mass is 327 g/mol. The molecule has 2 aromatic carbocycles. The van der Waals surface area contributed by atoms with Crippen molar-refractivity contribution in [3.8, 4) is 0 Å². The molecule has 24 heavy (non-hydrogen) atoms. The van der Waals surface area contributed by atoms with Gasteiger partial charge in [0.1, 0.15) is 5.82 Å². The molecule has 2 aromatic rings. The third-order valence-corrected chi connectivity index (χ3v) is 3.01. The van der Waals surface area contributed by atoms with Gasteiger partial charge in [0.15, 0.2) is 0 Å². The number of esters is 1. The minimum absolute atomic E-state index is 0.214. The number of carbonyl (C=O) groups is 2. The van der Waals surface area contributed by atoms with Crippen LogP contribution in [0.3, 0.4) is 0 Å². The van der Waals surface area contributed by atoms with Crippen molar-refractivity contribution in [1.29, 1.82) is 0 Å². The molecule has 0 radical (unpaired) electrons. The molecule has 0 saturated heterocycles. The van der Waals surface area contributed by atoms with Crippen LogP contribution in [0.25, 0.3) is 6.08 Å². The number of halogens is 1. The average Bonchev–Trinajstić information content (AvgIpc) is 2.54. The molecule has 0 fully saturated rings. The Hall–Kier alpha value is -2.95. The van der Waals surface area contributed by atoms with Gasteiger partial charge in [0.25, 0.3) is 0 Å². The van der Waals surface area contributed by atoms with Crippen molar-refractivity contribution in [3.05, 3.63) is 71.6 Å². The van der Waals surface area contributed by atoms with Gasteiger partial charge in [-0.05, 0) is 55.8 Å². The molecule has 0 aliphatic rings. The maximum Gasteiger partial charge on any atom is 0.338 e. The molecule has 0 spiro atoms. The number of ether oxygens (including phenoxy) is 1. The van der Waals surface area contributed by atoms with Gasteiger partial charge in [-0.25, -0.2) is 9.18 Å². The van der Waals surface area contributed by atoms with E-state index in [0.29, 0.717) is 16.8 Å². The molecular formula is C19H18FNO3. The van der Waals surface area contributed by atoms with E-state index < -0.39 is 5.97 Å². The van der Waals surface area contributed by atoms with Gasteiger partial charge in [-0.1, -0.05) is 18.2 Å². The Morgan fingerprint density at radius 2 is 1.83 bits per heavy atom. The fourth-order valence-electron chi connectivity index (χ4n) is 1.94. The zero-order valence-corrected chi connectivity index (χ0v) is 13.5. The van der Waals surface area contributed by atoms with E-state index in [1.807, 2.05) is 0 Å². The summed E-state index contributed by atoms with van der Waals surface area (Å²) in [6.45, 7) is 3.54. The van der Waals surface area contributed by atoms with Crippen LogP contribution in [0.4, 0.5) is 10.1 Å². The van der Waals surface area contributed by atoms with Crippen LogP contribution in [0.15, 0.2) is 54.6 Å². The summed E-state index contributed by atoms with van der Waals surface area (Å²) in [5.41, 5.74) is 1.56. The maximum atomic E-state index is 12.8. The summed E-state index contributed by atoms with van der Waals surface area (Å²) in [4.78, 5) is 23.8. The molecule has 0 aliphatic carbocycles. The minimum atomic E-state index is -0.442. The lowest BCUT2D eigenvalue weighted by atomic mass is 10.2. The Bertz CT molecular complexity index is 751. The minimum Gasteiger partial charge on any atom is -0.459 e. The van der Waals surface area contributed by atoms with Crippen LogP contribution in [0, 0.1) is 5.82 Å². The van der Waals surface area contributed by atoms with Crippen LogP contribution in [0.2, 0.25) is 0 Å². The summed E-state index contributed by atoms with van der Waals surface area (Å²) in [6.07, 6.45) is 2.70. The van der Waals surface area contributed by atoms with Crippen LogP contribution >= 0.6 is 0 Å². The zero-order valence-electron chi connectivity index (χ0n) is 13.5. The first-order valence-corrected chi connectivity index (χ1v) is 7.50. The lowest BCUT2D eigenvalue weighted by Crippen LogP contribution is -2.13. The van der Waals surface area contributed by atoms with E-state index in [0.717, 1.165) is 0 Å². The van der Waals surface area contributed by atoms with E-state index in [1.165, 1.54) is 18.2 Å². The van der Waals surface area contributed by atoms with Crippen molar-refractivity contribution >= 4 is 23.6 Å². The molecular weight excluding hydrogens is 309 g/mol. The van der Waals surface area contributed by atoms with Gasteiger partial charge in [0.2, 0.25) is 5.91 Å². The van der Waals surface area contributed by atoms with Gasteiger partial charge >= 0.3 is 5.97 Å². The van der Waals surface area contributed by atoms with Crippen molar-refractivity contribution < 1.29 is 18.7 Å². The van der Waals surface area contributed by atoms with Crippen LogP contribution < -0.4 is 5.32 Å². The number of hydrogen-bond acceptors (Lipinski definition) is 3. The average molecular weight is 327 g/mol. The Balaban J connectivity index is 2.01. The van der Waals surface area contributed by atoms with E-state index in [2.05, 4.69) is 5.32 Å². The SMILES string of the molecule is CC(C)OC(=O)c1cccc(NC(=O)/C=C/c2ccc(F)cc2)c1. The normalized spacial score (nSPS) is 10.8. The van der Waals surface area contributed by atoms with Crippen molar-refractivity contribution in [1.82, 2.24) is 0 Å². The smallest absolute Gasteiger partial charge is 0.338 e. The van der Waals surface area contributed by atoms with E-state index in [-0.39, 0.29) is 17.8 Å². The van der Waals surface area contributed by atoms with E-state index >= 15 is 0 Å². The quantitative estimate of drug-likeness (QED) is 0.666. The predicted octanol–water partition coefficient (Wildman–Crippen LogP) is 4.04. The Kier molecular flexibility index (Phi) is 5.84. The molecule has 1 amide bonds. The van der Waals surface area contributed by atoms with Crippen LogP contribution in [-0.2, 0) is 9.53 Å². The van der Waals surface area contributed by atoms with Gasteiger partial charge in [0.05, 0.1) is 11.7 Å². The van der Waals surface area contributed by atoms with E-state index in [1.54, 1.807) is 56.3 Å². The molecule has 0 atom stereocenters. The predicted molar refractivity (Wildman–Crippen MR) is 91.1 cm³/mol. The molecule has 2 rings (SSSR count). The fourth-order valence-corrected chi connectivity index (χ4v) is 1.94. The highest BCUT2D eigenvalue weighted by molar-refractivity contribution is 6.02. The molecule has 0 aliphatic heterocycles. The number of carbonyl (C=O) groups excluding carboxylic acids is 2. The van der Waals surface area contributed by atoms with Crippen LogP contribution in [-0.4, -0.2) is 18.0 Å². The van der Waals surface area contributed by atoms with Gasteiger partial charge in [-0.2, -0.15) is 0 Å². The Morgan fingerprint density at radius 3 is 2.50 bits per heavy atom. The van der Waals surface area contributed by atoms with Gasteiger partial charge < -0.3 is 10.1 Å². The molecule has 0 heterocycles. The third kappa shape index (κ3) is 5.35. The number of nitrogens with one attached hydrogen (secondary N) is 1. The first-order valence-electron chi connectivity index (χ1n) is 7.50. The second-order valence-electron chi connectivity index (χ2n) is 5.41. The van der Waals surface area contributed by atoms with Crippen molar-refractivity contribution in [2.45, 2.75) is 20.0 Å². The fraction of sp³-hybridized carbons (Fsp3) is 0.158. The topological polar surface area (TPSA) is 55.4 Å². The largest absolute Gasteiger partial charge is 0.459 e. The number of anilines is 1. The lowest BCUT2D eigenvalue weighted by molar-refractivity contribution is -0.111. The standard InChI is InChI=1S/C19H18FNO3/c1-13(2)24-19(23)15-4-3-5-17(12-15)21-18(22)11-8-14-6-9-16(20)10-7-14/h3-13H,1-2H3,(H,21,22)/b11-8+. The molecule has 124 valence electrons. The Labute approximate surface area is 140 Å². The Morgan fingerprint density at radius 1 is 1.12 bits per heavy atom. The molecule has 4 nitrogen and oxygen atoms in total. The highest BCUT2D eigenvalue weighted by Crippen LogP contribution is 2.13. The van der Waals surface area contributed by atoms with Gasteiger partial charge in [-0.3, -0.25) is 4.79 Å². The third-order valence-electron chi connectivity index (χ3n) is 3.01. The zero-order chi connectivity index (χ0) is 17.5. The second-order valence-corrected chi connectivity index (χ2v) is 5.41. The lowest BCUT2D eigenvalue weighted by Gasteiger charge is -2.09. The molecule has 5 heteroatoms. The van der Waals surface area contributed by atoms with Crippen molar-refractivity contribution in [2.24, 2.45) is 0 Å². The van der Waals surface area contributed by atoms with Crippen molar-refractivity contribution in [3.63, 3.8) is 0 Å². The summed E-state index contributed by atoms with van der Waals surface area (Å²) < 4.78 is 17.9. The summed E-state index contributed by atoms with van der Waals surface area (Å²) in [5, 5.41) is 2.66. The highest BCUT2D eigenvalue weighted by atomic mass is 19.1. The molecule has 0 bridgehead atoms.